The molecule has 1 unspecified atom stereocenters. The van der Waals surface area contributed by atoms with Crippen LogP contribution >= 0.6 is 45.8 Å². The van der Waals surface area contributed by atoms with Crippen molar-refractivity contribution in [2.45, 2.75) is 5.38 Å². The monoisotopic (exact) mass is 398 g/mol. The number of benzene rings is 2. The third-order valence-corrected chi connectivity index (χ3v) is 4.55. The average molecular weight is 399 g/mol. The standard InChI is InChI=1S/C13H7Cl2F2I/c14-9-5-7(2-4-12(9)18)13(15)8-1-3-10(16)11(17)6-8/h1-6,13H. The molecule has 0 fully saturated rings. The van der Waals surface area contributed by atoms with E-state index in [-0.39, 0.29) is 0 Å². The fourth-order valence-corrected chi connectivity index (χ4v) is 2.33. The highest BCUT2D eigenvalue weighted by molar-refractivity contribution is 14.1. The Morgan fingerprint density at radius 3 is 2.17 bits per heavy atom. The van der Waals surface area contributed by atoms with E-state index in [4.69, 9.17) is 23.2 Å². The lowest BCUT2D eigenvalue weighted by Gasteiger charge is -2.11. The summed E-state index contributed by atoms with van der Waals surface area (Å²) >= 11 is 14.3. The van der Waals surface area contributed by atoms with Crippen molar-refractivity contribution in [1.29, 1.82) is 0 Å². The molecule has 0 bridgehead atoms. The lowest BCUT2D eigenvalue weighted by molar-refractivity contribution is 0.507. The van der Waals surface area contributed by atoms with Crippen molar-refractivity contribution >= 4 is 45.8 Å². The SMILES string of the molecule is Fc1ccc(C(Cl)c2ccc(I)c(Cl)c2)cc1F. The van der Waals surface area contributed by atoms with Crippen LogP contribution in [0.3, 0.4) is 0 Å². The maximum Gasteiger partial charge on any atom is 0.159 e. The summed E-state index contributed by atoms with van der Waals surface area (Å²) in [5.74, 6) is -1.79. The molecule has 0 aromatic heterocycles. The molecule has 0 saturated heterocycles. The molecular formula is C13H7Cl2F2I. The van der Waals surface area contributed by atoms with Crippen molar-refractivity contribution in [1.82, 2.24) is 0 Å². The second kappa shape index (κ2) is 5.72. The van der Waals surface area contributed by atoms with Crippen molar-refractivity contribution in [3.63, 3.8) is 0 Å². The summed E-state index contributed by atoms with van der Waals surface area (Å²) in [6.07, 6.45) is 0. The third-order valence-electron chi connectivity index (χ3n) is 2.47. The first-order valence-electron chi connectivity index (χ1n) is 5.03. The van der Waals surface area contributed by atoms with Crippen molar-refractivity contribution in [3.8, 4) is 0 Å². The van der Waals surface area contributed by atoms with E-state index in [1.54, 1.807) is 6.07 Å². The molecule has 0 spiro atoms. The van der Waals surface area contributed by atoms with E-state index in [0.717, 1.165) is 21.3 Å². The van der Waals surface area contributed by atoms with Crippen molar-refractivity contribution < 1.29 is 8.78 Å². The number of alkyl halides is 1. The van der Waals surface area contributed by atoms with Crippen LogP contribution in [0.15, 0.2) is 36.4 Å². The van der Waals surface area contributed by atoms with E-state index in [1.165, 1.54) is 6.07 Å². The molecule has 0 aliphatic rings. The van der Waals surface area contributed by atoms with Crippen LogP contribution in [0.4, 0.5) is 8.78 Å². The van der Waals surface area contributed by atoms with Crippen LogP contribution in [-0.2, 0) is 0 Å². The van der Waals surface area contributed by atoms with Crippen LogP contribution in [0.5, 0.6) is 0 Å². The van der Waals surface area contributed by atoms with E-state index in [2.05, 4.69) is 22.6 Å². The van der Waals surface area contributed by atoms with Gasteiger partial charge in [0.05, 0.1) is 10.4 Å². The summed E-state index contributed by atoms with van der Waals surface area (Å²) in [7, 11) is 0. The van der Waals surface area contributed by atoms with Gasteiger partial charge >= 0.3 is 0 Å². The minimum absolute atomic E-state index is 0.493. The fraction of sp³-hybridized carbons (Fsp3) is 0.0769. The van der Waals surface area contributed by atoms with Gasteiger partial charge in [-0.05, 0) is 58.0 Å². The van der Waals surface area contributed by atoms with Crippen LogP contribution in [0.25, 0.3) is 0 Å². The first-order valence-corrected chi connectivity index (χ1v) is 6.92. The van der Waals surface area contributed by atoms with Gasteiger partial charge in [0.2, 0.25) is 0 Å². The minimum atomic E-state index is -0.908. The predicted octanol–water partition coefficient (Wildman–Crippen LogP) is 5.55. The summed E-state index contributed by atoms with van der Waals surface area (Å²) in [5, 5.41) is 0.0240. The molecule has 0 heterocycles. The minimum Gasteiger partial charge on any atom is -0.204 e. The Hall–Kier alpha value is -0.390. The Morgan fingerprint density at radius 2 is 1.56 bits per heavy atom. The number of halogens is 5. The normalized spacial score (nSPS) is 12.5. The highest BCUT2D eigenvalue weighted by Gasteiger charge is 2.14. The van der Waals surface area contributed by atoms with E-state index in [9.17, 15) is 8.78 Å². The molecule has 0 amide bonds. The Morgan fingerprint density at radius 1 is 0.944 bits per heavy atom. The van der Waals surface area contributed by atoms with Gasteiger partial charge in [-0.3, -0.25) is 0 Å². The van der Waals surface area contributed by atoms with E-state index >= 15 is 0 Å². The molecule has 0 aliphatic carbocycles. The van der Waals surface area contributed by atoms with Crippen molar-refractivity contribution in [3.05, 3.63) is 67.8 Å². The zero-order valence-corrected chi connectivity index (χ0v) is 12.6. The van der Waals surface area contributed by atoms with Gasteiger partial charge < -0.3 is 0 Å². The molecule has 18 heavy (non-hydrogen) atoms. The van der Waals surface area contributed by atoms with Crippen molar-refractivity contribution in [2.24, 2.45) is 0 Å². The second-order valence-corrected chi connectivity index (χ2v) is 5.72. The third kappa shape index (κ3) is 2.95. The summed E-state index contributed by atoms with van der Waals surface area (Å²) in [4.78, 5) is 0. The summed E-state index contributed by atoms with van der Waals surface area (Å²) in [5.41, 5.74) is 1.24. The van der Waals surface area contributed by atoms with Crippen molar-refractivity contribution in [2.75, 3.05) is 0 Å². The van der Waals surface area contributed by atoms with Gasteiger partial charge in [-0.15, -0.1) is 11.6 Å². The lowest BCUT2D eigenvalue weighted by atomic mass is 10.0. The number of hydrogen-bond acceptors (Lipinski definition) is 0. The van der Waals surface area contributed by atoms with Gasteiger partial charge in [0.15, 0.2) is 11.6 Å². The largest absolute Gasteiger partial charge is 0.204 e. The van der Waals surface area contributed by atoms with E-state index in [1.807, 2.05) is 12.1 Å². The maximum atomic E-state index is 13.1. The second-order valence-electron chi connectivity index (χ2n) is 3.71. The Bertz CT molecular complexity index is 536. The Labute approximate surface area is 127 Å². The highest BCUT2D eigenvalue weighted by atomic mass is 127. The summed E-state index contributed by atoms with van der Waals surface area (Å²) in [6, 6.07) is 8.98. The molecule has 2 rings (SSSR count). The number of hydrogen-bond donors (Lipinski definition) is 0. The van der Waals surface area contributed by atoms with Crippen LogP contribution in [0, 0.1) is 15.2 Å². The predicted molar refractivity (Wildman–Crippen MR) is 78.2 cm³/mol. The quantitative estimate of drug-likeness (QED) is 0.459. The molecule has 0 radical (unpaired) electrons. The smallest absolute Gasteiger partial charge is 0.159 e. The molecule has 2 aromatic carbocycles. The fourth-order valence-electron chi connectivity index (χ4n) is 1.53. The average Bonchev–Trinajstić information content (AvgIpc) is 2.35. The molecule has 5 heteroatoms. The summed E-state index contributed by atoms with van der Waals surface area (Å²) < 4.78 is 26.9. The molecule has 0 nitrogen and oxygen atoms in total. The van der Waals surface area contributed by atoms with Crippen LogP contribution in [0.2, 0.25) is 5.02 Å². The lowest BCUT2D eigenvalue weighted by Crippen LogP contribution is -1.96. The van der Waals surface area contributed by atoms with Gasteiger partial charge in [0, 0.05) is 3.57 Å². The molecular weight excluding hydrogens is 392 g/mol. The zero-order valence-electron chi connectivity index (χ0n) is 8.93. The summed E-state index contributed by atoms with van der Waals surface area (Å²) in [6.45, 7) is 0. The van der Waals surface area contributed by atoms with Gasteiger partial charge in [-0.1, -0.05) is 23.7 Å². The van der Waals surface area contributed by atoms with Crippen LogP contribution < -0.4 is 0 Å². The first kappa shape index (κ1) is 14.0. The first-order chi connectivity index (χ1) is 8.49. The zero-order chi connectivity index (χ0) is 13.3. The molecule has 2 aromatic rings. The van der Waals surface area contributed by atoms with Gasteiger partial charge in [-0.2, -0.15) is 0 Å². The maximum absolute atomic E-state index is 13.1. The van der Waals surface area contributed by atoms with Gasteiger partial charge in [0.25, 0.3) is 0 Å². The van der Waals surface area contributed by atoms with Crippen LogP contribution in [-0.4, -0.2) is 0 Å². The number of rotatable bonds is 2. The van der Waals surface area contributed by atoms with Gasteiger partial charge in [-0.25, -0.2) is 8.78 Å². The van der Waals surface area contributed by atoms with E-state index < -0.39 is 17.0 Å². The van der Waals surface area contributed by atoms with Gasteiger partial charge in [0.1, 0.15) is 0 Å². The van der Waals surface area contributed by atoms with E-state index in [0.29, 0.717) is 10.6 Å². The highest BCUT2D eigenvalue weighted by Crippen LogP contribution is 2.32. The Kier molecular flexibility index (Phi) is 4.45. The molecule has 94 valence electrons. The Balaban J connectivity index is 2.37. The topological polar surface area (TPSA) is 0 Å². The molecule has 0 aliphatic heterocycles. The molecule has 1 atom stereocenters. The molecule has 0 saturated carbocycles. The van der Waals surface area contributed by atoms with Crippen LogP contribution in [0.1, 0.15) is 16.5 Å². The molecule has 0 N–H and O–H groups in total.